The number of amides is 1. The van der Waals surface area contributed by atoms with Crippen LogP contribution in [0.2, 0.25) is 0 Å². The van der Waals surface area contributed by atoms with E-state index in [1.54, 1.807) is 20.8 Å². The van der Waals surface area contributed by atoms with Crippen molar-refractivity contribution < 1.29 is 13.9 Å². The standard InChI is InChI=1S/C12H12BFN2O2/c1-12(2,3)18-11(17)16-9-5-7(6-15)4-8(13)10(9)14/h4-5H,1-3H3,(H,16,17). The average Bonchev–Trinajstić information content (AvgIpc) is 2.21. The Bertz CT molecular complexity index is 518. The minimum absolute atomic E-state index is 0.153. The fourth-order valence-corrected chi connectivity index (χ4v) is 1.22. The van der Waals surface area contributed by atoms with Crippen molar-refractivity contribution in [1.82, 2.24) is 0 Å². The Labute approximate surface area is 106 Å². The zero-order valence-electron chi connectivity index (χ0n) is 10.4. The molecule has 0 saturated carbocycles. The van der Waals surface area contributed by atoms with Crippen LogP contribution >= 0.6 is 0 Å². The van der Waals surface area contributed by atoms with E-state index in [2.05, 4.69) is 5.32 Å². The highest BCUT2D eigenvalue weighted by molar-refractivity contribution is 6.33. The number of carbonyl (C=O) groups is 1. The molecule has 0 aliphatic rings. The number of halogens is 1. The molecule has 4 nitrogen and oxygen atoms in total. The topological polar surface area (TPSA) is 62.1 Å². The molecule has 6 heteroatoms. The average molecular weight is 246 g/mol. The van der Waals surface area contributed by atoms with Crippen LogP contribution < -0.4 is 10.8 Å². The number of anilines is 1. The Balaban J connectivity index is 2.95. The van der Waals surface area contributed by atoms with Crippen molar-refractivity contribution in [2.75, 3.05) is 5.32 Å². The van der Waals surface area contributed by atoms with Gasteiger partial charge in [0.05, 0.1) is 17.3 Å². The Kier molecular flexibility index (Phi) is 3.97. The number of ether oxygens (including phenoxy) is 1. The van der Waals surface area contributed by atoms with Crippen molar-refractivity contribution in [3.05, 3.63) is 23.5 Å². The van der Waals surface area contributed by atoms with E-state index in [9.17, 15) is 9.18 Å². The van der Waals surface area contributed by atoms with E-state index < -0.39 is 17.5 Å². The van der Waals surface area contributed by atoms with Gasteiger partial charge in [-0.25, -0.2) is 9.18 Å². The van der Waals surface area contributed by atoms with E-state index in [0.29, 0.717) is 0 Å². The van der Waals surface area contributed by atoms with Crippen LogP contribution in [0.5, 0.6) is 0 Å². The monoisotopic (exact) mass is 246 g/mol. The molecule has 2 radical (unpaired) electrons. The summed E-state index contributed by atoms with van der Waals surface area (Å²) in [7, 11) is 5.38. The lowest BCUT2D eigenvalue weighted by atomic mass is 9.93. The highest BCUT2D eigenvalue weighted by Gasteiger charge is 2.18. The first-order chi connectivity index (χ1) is 8.23. The third kappa shape index (κ3) is 3.77. The molecule has 1 aromatic carbocycles. The second kappa shape index (κ2) is 5.09. The number of nitrogens with one attached hydrogen (secondary N) is 1. The molecule has 0 fully saturated rings. The van der Waals surface area contributed by atoms with Gasteiger partial charge >= 0.3 is 6.09 Å². The first kappa shape index (κ1) is 14.0. The maximum Gasteiger partial charge on any atom is 0.412 e. The number of nitriles is 1. The zero-order valence-corrected chi connectivity index (χ0v) is 10.4. The number of hydrogen-bond acceptors (Lipinski definition) is 3. The Morgan fingerprint density at radius 3 is 2.61 bits per heavy atom. The van der Waals surface area contributed by atoms with Gasteiger partial charge in [0.15, 0.2) is 0 Å². The van der Waals surface area contributed by atoms with Crippen molar-refractivity contribution in [2.24, 2.45) is 0 Å². The first-order valence-electron chi connectivity index (χ1n) is 5.22. The molecule has 0 atom stereocenters. The maximum atomic E-state index is 13.6. The van der Waals surface area contributed by atoms with Crippen LogP contribution in [0.25, 0.3) is 0 Å². The fourth-order valence-electron chi connectivity index (χ4n) is 1.22. The van der Waals surface area contributed by atoms with Gasteiger partial charge < -0.3 is 4.74 Å². The second-order valence-corrected chi connectivity index (χ2v) is 4.67. The second-order valence-electron chi connectivity index (χ2n) is 4.67. The van der Waals surface area contributed by atoms with Crippen LogP contribution in [-0.4, -0.2) is 19.5 Å². The number of nitrogens with zero attached hydrogens (tertiary/aromatic N) is 1. The Morgan fingerprint density at radius 2 is 2.11 bits per heavy atom. The largest absolute Gasteiger partial charge is 0.444 e. The van der Waals surface area contributed by atoms with Gasteiger partial charge in [-0.05, 0) is 32.9 Å². The third-order valence-corrected chi connectivity index (χ3v) is 1.87. The minimum Gasteiger partial charge on any atom is -0.444 e. The van der Waals surface area contributed by atoms with Gasteiger partial charge in [0.1, 0.15) is 19.3 Å². The molecular weight excluding hydrogens is 234 g/mol. The summed E-state index contributed by atoms with van der Waals surface area (Å²) in [5.74, 6) is -0.792. The van der Waals surface area contributed by atoms with Crippen molar-refractivity contribution >= 4 is 25.1 Å². The molecule has 18 heavy (non-hydrogen) atoms. The number of carbonyl (C=O) groups excluding carboxylic acids is 1. The molecule has 0 saturated heterocycles. The summed E-state index contributed by atoms with van der Waals surface area (Å²) in [6, 6.07) is 4.20. The lowest BCUT2D eigenvalue weighted by Gasteiger charge is -2.20. The smallest absolute Gasteiger partial charge is 0.412 e. The SMILES string of the molecule is [B]c1cc(C#N)cc(NC(=O)OC(C)(C)C)c1F. The summed E-state index contributed by atoms with van der Waals surface area (Å²) in [6.45, 7) is 5.05. The van der Waals surface area contributed by atoms with Crippen molar-refractivity contribution in [1.29, 1.82) is 5.26 Å². The van der Waals surface area contributed by atoms with Crippen LogP contribution in [0.1, 0.15) is 26.3 Å². The predicted octanol–water partition coefficient (Wildman–Crippen LogP) is 1.84. The van der Waals surface area contributed by atoms with Gasteiger partial charge in [0.2, 0.25) is 0 Å². The molecule has 0 aliphatic heterocycles. The third-order valence-electron chi connectivity index (χ3n) is 1.87. The van der Waals surface area contributed by atoms with E-state index in [1.807, 2.05) is 6.07 Å². The lowest BCUT2D eigenvalue weighted by Crippen LogP contribution is -2.28. The predicted molar refractivity (Wildman–Crippen MR) is 66.4 cm³/mol. The molecule has 1 aromatic rings. The normalized spacial score (nSPS) is 10.6. The van der Waals surface area contributed by atoms with Crippen LogP contribution in [-0.2, 0) is 4.74 Å². The molecule has 1 amide bonds. The highest BCUT2D eigenvalue weighted by Crippen LogP contribution is 2.15. The summed E-state index contributed by atoms with van der Waals surface area (Å²) in [4.78, 5) is 11.5. The molecular formula is C12H12BFN2O2. The van der Waals surface area contributed by atoms with Gasteiger partial charge in [0.25, 0.3) is 0 Å². The molecule has 92 valence electrons. The molecule has 0 spiro atoms. The summed E-state index contributed by atoms with van der Waals surface area (Å²) in [5, 5.41) is 10.9. The summed E-state index contributed by atoms with van der Waals surface area (Å²) < 4.78 is 18.6. The van der Waals surface area contributed by atoms with Gasteiger partial charge in [-0.15, -0.1) is 0 Å². The van der Waals surface area contributed by atoms with E-state index in [-0.39, 0.29) is 16.7 Å². The van der Waals surface area contributed by atoms with Crippen molar-refractivity contribution in [3.8, 4) is 6.07 Å². The minimum atomic E-state index is -0.809. The maximum absolute atomic E-state index is 13.6. The molecule has 0 unspecified atom stereocenters. The van der Waals surface area contributed by atoms with E-state index in [0.717, 1.165) is 0 Å². The molecule has 0 aliphatic carbocycles. The van der Waals surface area contributed by atoms with Crippen LogP contribution in [0, 0.1) is 17.1 Å². The molecule has 0 bridgehead atoms. The van der Waals surface area contributed by atoms with Crippen molar-refractivity contribution in [3.63, 3.8) is 0 Å². The van der Waals surface area contributed by atoms with Crippen LogP contribution in [0.4, 0.5) is 14.9 Å². The van der Waals surface area contributed by atoms with Crippen LogP contribution in [0.15, 0.2) is 12.1 Å². The highest BCUT2D eigenvalue weighted by atomic mass is 19.1. The fraction of sp³-hybridized carbons (Fsp3) is 0.333. The number of benzene rings is 1. The summed E-state index contributed by atoms with van der Waals surface area (Å²) >= 11 is 0. The van der Waals surface area contributed by atoms with Gasteiger partial charge in [-0.2, -0.15) is 5.26 Å². The molecule has 1 rings (SSSR count). The van der Waals surface area contributed by atoms with Gasteiger partial charge in [-0.3, -0.25) is 5.32 Å². The quantitative estimate of drug-likeness (QED) is 0.769. The molecule has 0 heterocycles. The summed E-state index contributed by atoms with van der Waals surface area (Å²) in [5.41, 5.74) is -0.931. The Hall–Kier alpha value is -2.03. The zero-order chi connectivity index (χ0) is 13.9. The van der Waals surface area contributed by atoms with E-state index in [4.69, 9.17) is 17.8 Å². The summed E-state index contributed by atoms with van der Waals surface area (Å²) in [6.07, 6.45) is -0.809. The van der Waals surface area contributed by atoms with E-state index in [1.165, 1.54) is 12.1 Å². The van der Waals surface area contributed by atoms with E-state index >= 15 is 0 Å². The Morgan fingerprint density at radius 1 is 1.50 bits per heavy atom. The van der Waals surface area contributed by atoms with Crippen LogP contribution in [0.3, 0.4) is 0 Å². The molecule has 1 N–H and O–H groups in total. The van der Waals surface area contributed by atoms with Gasteiger partial charge in [-0.1, -0.05) is 5.46 Å². The lowest BCUT2D eigenvalue weighted by molar-refractivity contribution is 0.0635. The number of rotatable bonds is 1. The van der Waals surface area contributed by atoms with Gasteiger partial charge in [0, 0.05) is 0 Å². The first-order valence-corrected chi connectivity index (χ1v) is 5.22. The molecule has 0 aromatic heterocycles. The van der Waals surface area contributed by atoms with Crippen molar-refractivity contribution in [2.45, 2.75) is 26.4 Å². The number of hydrogen-bond donors (Lipinski definition) is 1.